The number of ether oxygens (including phenoxy) is 3. The van der Waals surface area contributed by atoms with Gasteiger partial charge in [-0.25, -0.2) is 0 Å². The quantitative estimate of drug-likeness (QED) is 0.405. The van der Waals surface area contributed by atoms with Crippen LogP contribution in [0, 0.1) is 25.2 Å². The second kappa shape index (κ2) is 10.1. The molecule has 0 spiro atoms. The van der Waals surface area contributed by atoms with Crippen LogP contribution < -0.4 is 25.3 Å². The molecule has 1 unspecified atom stereocenters. The molecule has 35 heavy (non-hydrogen) atoms. The van der Waals surface area contributed by atoms with Gasteiger partial charge in [0.05, 0.1) is 12.5 Å². The van der Waals surface area contributed by atoms with Crippen LogP contribution in [-0.4, -0.2) is 29.3 Å². The molecule has 3 aromatic rings. The van der Waals surface area contributed by atoms with Crippen LogP contribution in [0.1, 0.15) is 35.2 Å². The maximum Gasteiger partial charge on any atom is 0.262 e. The first-order valence-corrected chi connectivity index (χ1v) is 11.7. The van der Waals surface area contributed by atoms with Crippen molar-refractivity contribution in [2.75, 3.05) is 18.5 Å². The number of nitriles is 1. The number of nitrogens with two attached hydrogens (primary N) is 1. The summed E-state index contributed by atoms with van der Waals surface area (Å²) in [6, 6.07) is 13.0. The van der Waals surface area contributed by atoms with Crippen LogP contribution in [0.4, 0.5) is 5.69 Å². The number of halogens is 1. The molecule has 0 bridgehead atoms. The summed E-state index contributed by atoms with van der Waals surface area (Å²) in [4.78, 5) is 12.5. The van der Waals surface area contributed by atoms with Crippen molar-refractivity contribution in [1.29, 1.82) is 5.26 Å². The van der Waals surface area contributed by atoms with Crippen LogP contribution in [-0.2, 0) is 4.79 Å². The third-order valence-corrected chi connectivity index (χ3v) is 6.42. The predicted octanol–water partition coefficient (Wildman–Crippen LogP) is 4.42. The number of hydrogen-bond acceptors (Lipinski definition) is 7. The Labute approximate surface area is 211 Å². The zero-order valence-electron chi connectivity index (χ0n) is 19.4. The molecule has 1 amide bonds. The number of allylic oxidation sites excluding steroid dienone is 1. The van der Waals surface area contributed by atoms with Gasteiger partial charge in [-0.1, -0.05) is 22.0 Å². The number of nitrogens with zero attached hydrogens (tertiary/aromatic N) is 2. The molecule has 4 N–H and O–H groups in total. The number of nitrogens with one attached hydrogen (secondary N) is 2. The normalized spacial score (nSPS) is 14.5. The van der Waals surface area contributed by atoms with E-state index in [9.17, 15) is 10.1 Å². The molecule has 0 aliphatic carbocycles. The van der Waals surface area contributed by atoms with E-state index in [2.05, 4.69) is 37.5 Å². The molecule has 0 saturated carbocycles. The molecule has 2 aromatic carbocycles. The molecule has 1 aliphatic heterocycles. The molecule has 9 nitrogen and oxygen atoms in total. The fraction of sp³-hybridized carbons (Fsp3) is 0.240. The highest BCUT2D eigenvalue weighted by Gasteiger charge is 2.34. The minimum absolute atomic E-state index is 0.00892. The second-order valence-electron chi connectivity index (χ2n) is 7.93. The first-order chi connectivity index (χ1) is 16.8. The van der Waals surface area contributed by atoms with E-state index in [0.717, 1.165) is 26.9 Å². The molecule has 2 heterocycles. The number of H-pyrrole nitrogens is 1. The lowest BCUT2D eigenvalue weighted by Crippen LogP contribution is -2.21. The zero-order chi connectivity index (χ0) is 25.1. The van der Waals surface area contributed by atoms with E-state index in [1.54, 1.807) is 18.2 Å². The molecule has 0 radical (unpaired) electrons. The van der Waals surface area contributed by atoms with E-state index in [4.69, 9.17) is 19.9 Å². The van der Waals surface area contributed by atoms with Crippen LogP contribution in [0.15, 0.2) is 52.3 Å². The Kier molecular flexibility index (Phi) is 6.98. The molecular weight excluding hydrogens is 514 g/mol. The summed E-state index contributed by atoms with van der Waals surface area (Å²) in [7, 11) is 0. The largest absolute Gasteiger partial charge is 0.490 e. The van der Waals surface area contributed by atoms with Gasteiger partial charge in [-0.05, 0) is 62.2 Å². The van der Waals surface area contributed by atoms with Crippen LogP contribution in [0.2, 0.25) is 0 Å². The van der Waals surface area contributed by atoms with Crippen molar-refractivity contribution in [1.82, 2.24) is 10.2 Å². The maximum atomic E-state index is 12.5. The number of amides is 1. The van der Waals surface area contributed by atoms with E-state index in [1.165, 1.54) is 0 Å². The molecular formula is C25H24BrN5O4. The summed E-state index contributed by atoms with van der Waals surface area (Å²) in [6.45, 7) is 5.83. The van der Waals surface area contributed by atoms with Crippen LogP contribution in [0.3, 0.4) is 0 Å². The van der Waals surface area contributed by atoms with Gasteiger partial charge < -0.3 is 25.3 Å². The SMILES string of the molecule is CCOc1cc(C2C(C#N)=C(N)Oc3n[nH]c(C)c32)ccc1OCC(=O)Nc1ccc(Br)c(C)c1. The number of fused-ring (bicyclic) bond motifs is 1. The average Bonchev–Trinajstić information content (AvgIpc) is 3.19. The highest BCUT2D eigenvalue weighted by atomic mass is 79.9. The fourth-order valence-electron chi connectivity index (χ4n) is 3.89. The maximum absolute atomic E-state index is 12.5. The van der Waals surface area contributed by atoms with Crippen LogP contribution >= 0.6 is 15.9 Å². The predicted molar refractivity (Wildman–Crippen MR) is 133 cm³/mol. The van der Waals surface area contributed by atoms with Gasteiger partial charge in [0.1, 0.15) is 11.6 Å². The number of benzene rings is 2. The smallest absolute Gasteiger partial charge is 0.262 e. The molecule has 1 atom stereocenters. The Hall–Kier alpha value is -3.97. The minimum atomic E-state index is -0.486. The lowest BCUT2D eigenvalue weighted by atomic mass is 9.84. The topological polar surface area (TPSA) is 135 Å². The van der Waals surface area contributed by atoms with E-state index >= 15 is 0 Å². The van der Waals surface area contributed by atoms with Gasteiger partial charge in [0, 0.05) is 21.4 Å². The Morgan fingerprint density at radius 1 is 1.26 bits per heavy atom. The number of hydrogen-bond donors (Lipinski definition) is 3. The van der Waals surface area contributed by atoms with Gasteiger partial charge in [0.15, 0.2) is 18.1 Å². The van der Waals surface area contributed by atoms with E-state index < -0.39 is 5.92 Å². The van der Waals surface area contributed by atoms with Crippen LogP contribution in [0.25, 0.3) is 0 Å². The standard InChI is InChI=1S/C25H24BrN5O4/c1-4-33-20-10-15(23-17(11-27)24(28)35-25-22(23)14(3)30-31-25)5-8-19(20)34-12-21(32)29-16-6-7-18(26)13(2)9-16/h5-10,23H,4,12,28H2,1-3H3,(H,29,32)(H,30,31). The van der Waals surface area contributed by atoms with Gasteiger partial charge in [-0.15, -0.1) is 5.10 Å². The summed E-state index contributed by atoms with van der Waals surface area (Å²) in [5.74, 6) is 0.409. The summed E-state index contributed by atoms with van der Waals surface area (Å²) in [6.07, 6.45) is 0. The molecule has 0 fully saturated rings. The van der Waals surface area contributed by atoms with Crippen molar-refractivity contribution >= 4 is 27.5 Å². The number of aromatic amines is 1. The molecule has 0 saturated heterocycles. The number of aryl methyl sites for hydroxylation is 2. The number of aromatic nitrogens is 2. The Bertz CT molecular complexity index is 1360. The number of carbonyl (C=O) groups is 1. The Morgan fingerprint density at radius 2 is 2.06 bits per heavy atom. The lowest BCUT2D eigenvalue weighted by Gasteiger charge is -2.24. The third-order valence-electron chi connectivity index (χ3n) is 5.53. The van der Waals surface area contributed by atoms with Crippen molar-refractivity contribution in [2.24, 2.45) is 5.73 Å². The zero-order valence-corrected chi connectivity index (χ0v) is 21.0. The summed E-state index contributed by atoms with van der Waals surface area (Å²) < 4.78 is 18.1. The summed E-state index contributed by atoms with van der Waals surface area (Å²) in [5, 5.41) is 19.6. The third kappa shape index (κ3) is 4.95. The van der Waals surface area contributed by atoms with E-state index in [0.29, 0.717) is 29.7 Å². The van der Waals surface area contributed by atoms with Crippen LogP contribution in [0.5, 0.6) is 17.4 Å². The van der Waals surface area contributed by atoms with Gasteiger partial charge in [-0.3, -0.25) is 9.89 Å². The highest BCUT2D eigenvalue weighted by molar-refractivity contribution is 9.10. The lowest BCUT2D eigenvalue weighted by molar-refractivity contribution is -0.118. The molecule has 10 heteroatoms. The van der Waals surface area contributed by atoms with Gasteiger partial charge in [-0.2, -0.15) is 5.26 Å². The van der Waals surface area contributed by atoms with Crippen molar-refractivity contribution < 1.29 is 19.0 Å². The number of anilines is 1. The molecule has 1 aliphatic rings. The summed E-state index contributed by atoms with van der Waals surface area (Å²) in [5.41, 5.74) is 10.2. The number of rotatable bonds is 7. The van der Waals surface area contributed by atoms with Crippen molar-refractivity contribution in [3.8, 4) is 23.4 Å². The molecule has 1 aromatic heterocycles. The van der Waals surface area contributed by atoms with Gasteiger partial charge in [0.25, 0.3) is 5.91 Å². The highest BCUT2D eigenvalue weighted by Crippen LogP contribution is 2.44. The Balaban J connectivity index is 1.57. The second-order valence-corrected chi connectivity index (χ2v) is 8.79. The van der Waals surface area contributed by atoms with Crippen molar-refractivity contribution in [3.63, 3.8) is 0 Å². The first kappa shape index (κ1) is 24.2. The fourth-order valence-corrected chi connectivity index (χ4v) is 4.13. The van der Waals surface area contributed by atoms with Crippen molar-refractivity contribution in [2.45, 2.75) is 26.7 Å². The minimum Gasteiger partial charge on any atom is -0.490 e. The van der Waals surface area contributed by atoms with E-state index in [1.807, 2.05) is 39.0 Å². The number of carbonyl (C=O) groups excluding carboxylic acids is 1. The monoisotopic (exact) mass is 537 g/mol. The van der Waals surface area contributed by atoms with Crippen molar-refractivity contribution in [3.05, 3.63) is 74.7 Å². The Morgan fingerprint density at radius 3 is 2.77 bits per heavy atom. The van der Waals surface area contributed by atoms with Gasteiger partial charge >= 0.3 is 0 Å². The first-order valence-electron chi connectivity index (χ1n) is 10.9. The van der Waals surface area contributed by atoms with Gasteiger partial charge in [0.2, 0.25) is 11.8 Å². The average molecular weight is 538 g/mol. The molecule has 180 valence electrons. The summed E-state index contributed by atoms with van der Waals surface area (Å²) >= 11 is 3.45. The molecule has 4 rings (SSSR count). The van der Waals surface area contributed by atoms with E-state index in [-0.39, 0.29) is 24.0 Å².